The highest BCUT2D eigenvalue weighted by molar-refractivity contribution is 7.80. The van der Waals surface area contributed by atoms with Gasteiger partial charge in [-0.05, 0) is 61.5 Å². The molecule has 0 radical (unpaired) electrons. The van der Waals surface area contributed by atoms with E-state index in [1.54, 1.807) is 0 Å². The van der Waals surface area contributed by atoms with Crippen LogP contribution in [0, 0.1) is 0 Å². The summed E-state index contributed by atoms with van der Waals surface area (Å²) in [6.45, 7) is 0. The summed E-state index contributed by atoms with van der Waals surface area (Å²) in [5.41, 5.74) is 3.45. The minimum atomic E-state index is 0.0150. The van der Waals surface area contributed by atoms with Crippen LogP contribution < -0.4 is 10.2 Å². The van der Waals surface area contributed by atoms with Gasteiger partial charge in [0.05, 0.1) is 11.7 Å². The molecule has 2 atom stereocenters. The lowest BCUT2D eigenvalue weighted by Crippen LogP contribution is -2.31. The highest BCUT2D eigenvalue weighted by Gasteiger charge is 2.42. The van der Waals surface area contributed by atoms with Gasteiger partial charge in [0, 0.05) is 29.8 Å². The predicted octanol–water partition coefficient (Wildman–Crippen LogP) is 5.57. The molecule has 1 aromatic carbocycles. The van der Waals surface area contributed by atoms with Crippen molar-refractivity contribution in [2.45, 2.75) is 50.2 Å². The van der Waals surface area contributed by atoms with E-state index in [-0.39, 0.29) is 12.1 Å². The number of nitrogens with zero attached hydrogens (tertiary/aromatic N) is 3. The number of para-hydroxylation sites is 1. The van der Waals surface area contributed by atoms with Crippen LogP contribution in [0.1, 0.15) is 61.6 Å². The van der Waals surface area contributed by atoms with Crippen molar-refractivity contribution in [2.24, 2.45) is 0 Å². The molecule has 0 bridgehead atoms. The summed E-state index contributed by atoms with van der Waals surface area (Å²) in [4.78, 5) is 6.93. The van der Waals surface area contributed by atoms with Crippen molar-refractivity contribution in [3.05, 3.63) is 84.4 Å². The number of rotatable bonds is 4. The van der Waals surface area contributed by atoms with Crippen molar-refractivity contribution >= 4 is 23.0 Å². The monoisotopic (exact) mass is 402 g/mol. The summed E-state index contributed by atoms with van der Waals surface area (Å²) in [6, 6.07) is 21.7. The number of thiocarbonyl (C=S) groups is 1. The number of pyridine rings is 1. The molecule has 2 aromatic heterocycles. The Morgan fingerprint density at radius 3 is 2.45 bits per heavy atom. The maximum atomic E-state index is 5.83. The Kier molecular flexibility index (Phi) is 5.06. The minimum absolute atomic E-state index is 0.0150. The molecule has 1 saturated heterocycles. The lowest BCUT2D eigenvalue weighted by Gasteiger charge is -2.32. The molecule has 2 aliphatic rings. The third kappa shape index (κ3) is 3.44. The molecule has 0 amide bonds. The molecule has 0 spiro atoms. The first kappa shape index (κ1) is 18.4. The van der Waals surface area contributed by atoms with Gasteiger partial charge >= 0.3 is 0 Å². The fraction of sp³-hybridized carbons (Fsp3) is 0.333. The van der Waals surface area contributed by atoms with E-state index >= 15 is 0 Å². The quantitative estimate of drug-likeness (QED) is 0.579. The molecule has 1 saturated carbocycles. The van der Waals surface area contributed by atoms with E-state index in [1.807, 2.05) is 18.3 Å². The molecule has 2 fully saturated rings. The zero-order valence-electron chi connectivity index (χ0n) is 16.4. The summed E-state index contributed by atoms with van der Waals surface area (Å²) < 4.78 is 2.51. The van der Waals surface area contributed by atoms with E-state index in [2.05, 4.69) is 74.5 Å². The van der Waals surface area contributed by atoms with Crippen molar-refractivity contribution in [3.8, 4) is 0 Å². The van der Waals surface area contributed by atoms with Crippen LogP contribution in [-0.4, -0.2) is 14.7 Å². The Labute approximate surface area is 177 Å². The molecule has 3 aromatic rings. The Hall–Kier alpha value is -2.66. The van der Waals surface area contributed by atoms with Gasteiger partial charge in [0.2, 0.25) is 0 Å². The molecule has 29 heavy (non-hydrogen) atoms. The SMILES string of the molecule is S=C1N[C@H](c2ccccn2)[C@H](c2cccn2C2CCCCC2)N1c1ccccc1. The first-order valence-corrected chi connectivity index (χ1v) is 11.0. The van der Waals surface area contributed by atoms with Gasteiger partial charge < -0.3 is 14.8 Å². The lowest BCUT2D eigenvalue weighted by molar-refractivity contribution is 0.340. The number of anilines is 1. The number of nitrogens with one attached hydrogen (secondary N) is 1. The number of aromatic nitrogens is 2. The van der Waals surface area contributed by atoms with Crippen molar-refractivity contribution in [2.75, 3.05) is 4.90 Å². The first-order valence-electron chi connectivity index (χ1n) is 10.6. The fourth-order valence-corrected chi connectivity index (χ4v) is 5.22. The van der Waals surface area contributed by atoms with Gasteiger partial charge in [-0.3, -0.25) is 4.98 Å². The highest BCUT2D eigenvalue weighted by atomic mass is 32.1. The second kappa shape index (κ2) is 7.99. The maximum Gasteiger partial charge on any atom is 0.174 e. The largest absolute Gasteiger partial charge is 0.351 e. The van der Waals surface area contributed by atoms with Gasteiger partial charge in [-0.15, -0.1) is 0 Å². The third-order valence-corrected chi connectivity index (χ3v) is 6.53. The Bertz CT molecular complexity index is 963. The standard InChI is InChI=1S/C24H26N4S/c29-24-26-22(20-14-7-8-16-25-20)23(28(24)19-12-5-2-6-13-19)21-15-9-17-27(21)18-10-3-1-4-11-18/h2,5-9,12-18,22-23H,1,3-4,10-11H2,(H,26,29)/t22-,23+/m1/s1. The summed E-state index contributed by atoms with van der Waals surface area (Å²) in [6.07, 6.45) is 10.6. The van der Waals surface area contributed by atoms with Gasteiger partial charge in [0.25, 0.3) is 0 Å². The van der Waals surface area contributed by atoms with Gasteiger partial charge in [-0.25, -0.2) is 0 Å². The second-order valence-corrected chi connectivity index (χ2v) is 8.35. The smallest absolute Gasteiger partial charge is 0.174 e. The second-order valence-electron chi connectivity index (χ2n) is 7.96. The average molecular weight is 403 g/mol. The van der Waals surface area contributed by atoms with Crippen LogP contribution in [0.2, 0.25) is 0 Å². The topological polar surface area (TPSA) is 33.1 Å². The van der Waals surface area contributed by atoms with E-state index in [0.717, 1.165) is 16.5 Å². The average Bonchev–Trinajstić information content (AvgIpc) is 3.40. The molecular formula is C24H26N4S. The van der Waals surface area contributed by atoms with Gasteiger partial charge in [0.1, 0.15) is 6.04 Å². The van der Waals surface area contributed by atoms with Crippen LogP contribution in [0.3, 0.4) is 0 Å². The van der Waals surface area contributed by atoms with Crippen molar-refractivity contribution in [1.29, 1.82) is 0 Å². The molecule has 1 aliphatic carbocycles. The zero-order valence-corrected chi connectivity index (χ0v) is 17.3. The van der Waals surface area contributed by atoms with Crippen LogP contribution in [0.4, 0.5) is 5.69 Å². The van der Waals surface area contributed by atoms with E-state index in [1.165, 1.54) is 37.8 Å². The molecule has 1 aliphatic heterocycles. The number of hydrogen-bond acceptors (Lipinski definition) is 2. The predicted molar refractivity (Wildman–Crippen MR) is 121 cm³/mol. The van der Waals surface area contributed by atoms with Crippen molar-refractivity contribution in [3.63, 3.8) is 0 Å². The van der Waals surface area contributed by atoms with Gasteiger partial charge in [-0.2, -0.15) is 0 Å². The normalized spacial score (nSPS) is 22.6. The van der Waals surface area contributed by atoms with Crippen LogP contribution >= 0.6 is 12.2 Å². The molecule has 5 heteroatoms. The molecule has 148 valence electrons. The minimum Gasteiger partial charge on any atom is -0.351 e. The first-order chi connectivity index (χ1) is 14.3. The fourth-order valence-electron chi connectivity index (χ4n) is 4.87. The zero-order chi connectivity index (χ0) is 19.6. The van der Waals surface area contributed by atoms with Gasteiger partial charge in [-0.1, -0.05) is 43.5 Å². The molecule has 3 heterocycles. The van der Waals surface area contributed by atoms with E-state index in [4.69, 9.17) is 12.2 Å². The van der Waals surface area contributed by atoms with E-state index in [9.17, 15) is 0 Å². The highest BCUT2D eigenvalue weighted by Crippen LogP contribution is 2.43. The Morgan fingerprint density at radius 1 is 0.897 bits per heavy atom. The number of hydrogen-bond donors (Lipinski definition) is 1. The van der Waals surface area contributed by atoms with Crippen LogP contribution in [0.25, 0.3) is 0 Å². The summed E-state index contributed by atoms with van der Waals surface area (Å²) in [5.74, 6) is 0. The van der Waals surface area contributed by atoms with E-state index < -0.39 is 0 Å². The van der Waals surface area contributed by atoms with E-state index in [0.29, 0.717) is 6.04 Å². The molecule has 5 rings (SSSR count). The summed E-state index contributed by atoms with van der Waals surface area (Å²) in [7, 11) is 0. The molecular weight excluding hydrogens is 376 g/mol. The third-order valence-electron chi connectivity index (χ3n) is 6.22. The van der Waals surface area contributed by atoms with Crippen LogP contribution in [0.5, 0.6) is 0 Å². The van der Waals surface area contributed by atoms with Crippen LogP contribution in [-0.2, 0) is 0 Å². The van der Waals surface area contributed by atoms with Crippen molar-refractivity contribution < 1.29 is 0 Å². The number of benzene rings is 1. The molecule has 4 nitrogen and oxygen atoms in total. The molecule has 0 unspecified atom stereocenters. The molecule has 1 N–H and O–H groups in total. The lowest BCUT2D eigenvalue weighted by atomic mass is 9.94. The Balaban J connectivity index is 1.61. The van der Waals surface area contributed by atoms with Crippen LogP contribution in [0.15, 0.2) is 73.1 Å². The van der Waals surface area contributed by atoms with Gasteiger partial charge in [0.15, 0.2) is 5.11 Å². The Morgan fingerprint density at radius 2 is 1.69 bits per heavy atom. The maximum absolute atomic E-state index is 5.83. The summed E-state index contributed by atoms with van der Waals surface area (Å²) >= 11 is 5.83. The summed E-state index contributed by atoms with van der Waals surface area (Å²) in [5, 5.41) is 4.33. The van der Waals surface area contributed by atoms with Crippen molar-refractivity contribution in [1.82, 2.24) is 14.9 Å².